The molecule has 0 heterocycles. The van der Waals surface area contributed by atoms with Crippen molar-refractivity contribution in [2.24, 2.45) is 0 Å². The highest BCUT2D eigenvalue weighted by atomic mass is 16.5. The largest absolute Gasteiger partial charge is 0.508 e. The molecule has 2 aliphatic carbocycles. The number of fused-ring (bicyclic) bond motifs is 2. The fourth-order valence-corrected chi connectivity index (χ4v) is 10.1. The third kappa shape index (κ3) is 9.66. The van der Waals surface area contributed by atoms with Gasteiger partial charge in [0.05, 0.1) is 24.0 Å². The summed E-state index contributed by atoms with van der Waals surface area (Å²) >= 11 is 0. The van der Waals surface area contributed by atoms with Crippen molar-refractivity contribution >= 4 is 23.2 Å². The van der Waals surface area contributed by atoms with Crippen molar-refractivity contribution in [3.05, 3.63) is 129 Å². The number of ether oxygens (including phenoxy) is 2. The Labute approximate surface area is 377 Å². The van der Waals surface area contributed by atoms with E-state index in [0.717, 1.165) is 84.7 Å². The first-order valence-corrected chi connectivity index (χ1v) is 23.3. The van der Waals surface area contributed by atoms with E-state index in [1.165, 1.54) is 24.3 Å². The van der Waals surface area contributed by atoms with E-state index in [9.17, 15) is 30.0 Å². The van der Waals surface area contributed by atoms with Crippen LogP contribution in [0.4, 0.5) is 11.4 Å². The number of carbonyl (C=O) groups is 2. The Morgan fingerprint density at radius 1 is 0.531 bits per heavy atom. The minimum Gasteiger partial charge on any atom is -0.508 e. The number of aromatic hydroxyl groups is 4. The number of phenolic OH excluding ortho intramolecular Hbond substituents is 4. The van der Waals surface area contributed by atoms with Crippen LogP contribution in [0.2, 0.25) is 0 Å². The van der Waals surface area contributed by atoms with E-state index < -0.39 is 10.8 Å². The zero-order valence-electron chi connectivity index (χ0n) is 37.8. The van der Waals surface area contributed by atoms with E-state index >= 15 is 0 Å². The molecule has 0 spiro atoms. The third-order valence-corrected chi connectivity index (χ3v) is 13.1. The summed E-state index contributed by atoms with van der Waals surface area (Å²) in [7, 11) is 0. The van der Waals surface area contributed by atoms with Crippen LogP contribution in [0.15, 0.2) is 84.9 Å². The molecule has 0 saturated heterocycles. The fourth-order valence-electron chi connectivity index (χ4n) is 10.1. The zero-order valence-corrected chi connectivity index (χ0v) is 37.8. The fraction of sp³-hybridized carbons (Fsp3) is 0.407. The Balaban J connectivity index is 1.20. The van der Waals surface area contributed by atoms with Crippen molar-refractivity contribution in [1.29, 1.82) is 0 Å². The lowest BCUT2D eigenvalue weighted by Gasteiger charge is -2.42. The van der Waals surface area contributed by atoms with Crippen LogP contribution in [-0.4, -0.2) is 45.5 Å². The number of benzene rings is 5. The number of hydrogen-bond acceptors (Lipinski definition) is 8. The van der Waals surface area contributed by atoms with E-state index in [0.29, 0.717) is 85.7 Å². The van der Waals surface area contributed by atoms with Crippen LogP contribution < -0.4 is 20.1 Å². The number of carbonyl (C=O) groups excluding carboxylic acids is 2. The Hall–Kier alpha value is -6.16. The van der Waals surface area contributed by atoms with Gasteiger partial charge in [-0.15, -0.1) is 0 Å². The van der Waals surface area contributed by atoms with Gasteiger partial charge in [0.15, 0.2) is 0 Å². The molecule has 0 saturated carbocycles. The van der Waals surface area contributed by atoms with Crippen LogP contribution in [-0.2, 0) is 46.1 Å². The average Bonchev–Trinajstić information content (AvgIpc) is 3.28. The molecule has 0 radical (unpaired) electrons. The third-order valence-electron chi connectivity index (χ3n) is 13.1. The number of amides is 2. The maximum Gasteiger partial charge on any atom is 0.235 e. The molecule has 6 N–H and O–H groups in total. The topological polar surface area (TPSA) is 158 Å². The van der Waals surface area contributed by atoms with Crippen LogP contribution >= 0.6 is 0 Å². The Morgan fingerprint density at radius 3 is 1.34 bits per heavy atom. The summed E-state index contributed by atoms with van der Waals surface area (Å²) < 4.78 is 12.2. The van der Waals surface area contributed by atoms with Gasteiger partial charge in [0, 0.05) is 46.5 Å². The van der Waals surface area contributed by atoms with Crippen LogP contribution in [0, 0.1) is 0 Å². The average molecular weight is 869 g/mol. The van der Waals surface area contributed by atoms with Gasteiger partial charge in [-0.25, -0.2) is 0 Å². The summed E-state index contributed by atoms with van der Waals surface area (Å²) in [4.78, 5) is 29.8. The van der Waals surface area contributed by atoms with Crippen LogP contribution in [0.5, 0.6) is 34.5 Å². The summed E-state index contributed by atoms with van der Waals surface area (Å²) in [5.74, 6) is 1.46. The molecule has 5 aromatic carbocycles. The first-order chi connectivity index (χ1) is 30.9. The lowest BCUT2D eigenvalue weighted by molar-refractivity contribution is -0.123. The van der Waals surface area contributed by atoms with Crippen molar-refractivity contribution in [2.75, 3.05) is 23.8 Å². The molecule has 2 atom stereocenters. The van der Waals surface area contributed by atoms with Crippen molar-refractivity contribution in [3.63, 3.8) is 0 Å². The predicted molar refractivity (Wildman–Crippen MR) is 252 cm³/mol. The normalized spacial score (nSPS) is 17.8. The summed E-state index contributed by atoms with van der Waals surface area (Å²) in [5, 5.41) is 48.2. The van der Waals surface area contributed by atoms with Gasteiger partial charge < -0.3 is 40.5 Å². The van der Waals surface area contributed by atoms with Gasteiger partial charge in [0.25, 0.3) is 0 Å². The van der Waals surface area contributed by atoms with E-state index in [1.807, 2.05) is 50.2 Å². The van der Waals surface area contributed by atoms with Gasteiger partial charge in [-0.05, 0) is 159 Å². The van der Waals surface area contributed by atoms with Crippen LogP contribution in [0.1, 0.15) is 136 Å². The molecule has 7 rings (SSSR count). The molecular weight excluding hydrogens is 805 g/mol. The molecule has 0 aromatic heterocycles. The zero-order chi connectivity index (χ0) is 45.4. The molecule has 338 valence electrons. The smallest absolute Gasteiger partial charge is 0.235 e. The molecule has 2 amide bonds. The highest BCUT2D eigenvalue weighted by Gasteiger charge is 2.47. The summed E-state index contributed by atoms with van der Waals surface area (Å²) in [6, 6.07) is 24.7. The number of phenols is 4. The first kappa shape index (κ1) is 45.9. The molecule has 5 aromatic rings. The first-order valence-electron chi connectivity index (χ1n) is 23.3. The summed E-state index contributed by atoms with van der Waals surface area (Å²) in [6.45, 7) is 9.35. The van der Waals surface area contributed by atoms with Gasteiger partial charge in [-0.1, -0.05) is 52.7 Å². The standard InChI is InChI=1S/C54H64N2O8/c1-5-21-53(51(61)55-41-13-19-49(63-25-7-3)39(29-41)27-37-31-43(57)15-17-47(37)59)23-9-11-35-34-46-36(33-45(35)53)12-10-24-54(46,22-6-2)52(62)56-42-14-20-50(64-26-8-4)40(30-42)28-38-32-44(58)16-18-48(38)60/h13-20,29-34,57-60H,5-12,21-28H2,1-4H3,(H,55,61)(H,56,62)/t53-,54-/m0/s1. The minimum absolute atomic E-state index is 0.0572. The lowest BCUT2D eigenvalue weighted by atomic mass is 9.61. The lowest BCUT2D eigenvalue weighted by Crippen LogP contribution is -2.45. The van der Waals surface area contributed by atoms with Crippen molar-refractivity contribution in [2.45, 2.75) is 128 Å². The number of hydrogen-bond donors (Lipinski definition) is 6. The van der Waals surface area contributed by atoms with E-state index in [4.69, 9.17) is 9.47 Å². The SMILES string of the molecule is CCCOc1ccc(NC(=O)[C@@]2(CCC)CCCc3cc4c(cc32)CCC[C@]4(CCC)C(=O)Nc2ccc(OCCC)c(Cc3cc(O)ccc3O)c2)cc1Cc1cc(O)ccc1O. The number of anilines is 2. The van der Waals surface area contributed by atoms with E-state index in [2.05, 4.69) is 36.6 Å². The maximum absolute atomic E-state index is 14.9. The van der Waals surface area contributed by atoms with Crippen LogP contribution in [0.3, 0.4) is 0 Å². The Bertz CT molecular complexity index is 2310. The molecule has 10 heteroatoms. The molecule has 2 aliphatic rings. The Kier molecular flexibility index (Phi) is 14.4. The maximum atomic E-state index is 14.9. The monoisotopic (exact) mass is 868 g/mol. The second-order valence-electron chi connectivity index (χ2n) is 17.8. The quantitative estimate of drug-likeness (QED) is 0.0475. The molecule has 0 fully saturated rings. The molecule has 0 aliphatic heterocycles. The molecule has 0 unspecified atom stereocenters. The van der Waals surface area contributed by atoms with Crippen molar-refractivity contribution in [1.82, 2.24) is 0 Å². The van der Waals surface area contributed by atoms with Crippen LogP contribution in [0.25, 0.3) is 0 Å². The van der Waals surface area contributed by atoms with Gasteiger partial charge in [0.2, 0.25) is 11.8 Å². The van der Waals surface area contributed by atoms with Gasteiger partial charge in [-0.2, -0.15) is 0 Å². The second kappa shape index (κ2) is 20.1. The number of nitrogens with one attached hydrogen (secondary N) is 2. The van der Waals surface area contributed by atoms with E-state index in [-0.39, 0.29) is 34.8 Å². The van der Waals surface area contributed by atoms with Gasteiger partial charge in [-0.3, -0.25) is 9.59 Å². The number of aryl methyl sites for hydroxylation is 2. The summed E-state index contributed by atoms with van der Waals surface area (Å²) in [6.07, 6.45) is 9.94. The second-order valence-corrected chi connectivity index (χ2v) is 17.8. The number of rotatable bonds is 18. The molecule has 10 nitrogen and oxygen atoms in total. The highest BCUT2D eigenvalue weighted by Crippen LogP contribution is 2.49. The minimum atomic E-state index is -0.770. The highest BCUT2D eigenvalue weighted by molar-refractivity contribution is 6.01. The van der Waals surface area contributed by atoms with Crippen molar-refractivity contribution < 1.29 is 39.5 Å². The molecule has 0 bridgehead atoms. The van der Waals surface area contributed by atoms with Gasteiger partial charge >= 0.3 is 0 Å². The molecule has 64 heavy (non-hydrogen) atoms. The molecular formula is C54H64N2O8. The summed E-state index contributed by atoms with van der Waals surface area (Å²) in [5.41, 5.74) is 6.76. The Morgan fingerprint density at radius 2 is 0.953 bits per heavy atom. The van der Waals surface area contributed by atoms with E-state index in [1.54, 1.807) is 12.1 Å². The predicted octanol–water partition coefficient (Wildman–Crippen LogP) is 11.3. The van der Waals surface area contributed by atoms with Gasteiger partial charge in [0.1, 0.15) is 34.5 Å². The van der Waals surface area contributed by atoms with Crippen molar-refractivity contribution in [3.8, 4) is 34.5 Å².